The molecule has 1 aliphatic heterocycles. The number of hydrogen-bond acceptors (Lipinski definition) is 3. The highest BCUT2D eigenvalue weighted by Gasteiger charge is 2.27. The Balaban J connectivity index is 2.11. The number of benzene rings is 1. The van der Waals surface area contributed by atoms with Gasteiger partial charge in [-0.15, -0.1) is 0 Å². The molecule has 0 spiro atoms. The van der Waals surface area contributed by atoms with Crippen LogP contribution in [-0.2, 0) is 0 Å². The van der Waals surface area contributed by atoms with Crippen molar-refractivity contribution in [1.29, 1.82) is 0 Å². The van der Waals surface area contributed by atoms with Crippen molar-refractivity contribution in [2.45, 2.75) is 19.4 Å². The summed E-state index contributed by atoms with van der Waals surface area (Å²) in [6, 6.07) is 3.82. The van der Waals surface area contributed by atoms with Gasteiger partial charge >= 0.3 is 12.0 Å². The van der Waals surface area contributed by atoms with Crippen molar-refractivity contribution in [3.8, 4) is 0 Å². The zero-order valence-electron chi connectivity index (χ0n) is 11.5. The normalized spacial score (nSPS) is 22.0. The number of carbonyl (C=O) groups excluding carboxylic acids is 1. The Labute approximate surface area is 127 Å². The van der Waals surface area contributed by atoms with E-state index in [1.54, 1.807) is 0 Å². The highest BCUT2D eigenvalue weighted by atomic mass is 35.5. The standard InChI is InChI=1S/C14H17ClN2O4/c1-8-4-5-17(7-12(8)18)14(21)16-11-3-2-9(15)6-10(11)13(19)20/h2-3,6,8,12,18H,4-5,7H2,1H3,(H,16,21)(H,19,20). The minimum Gasteiger partial charge on any atom is -0.478 e. The van der Waals surface area contributed by atoms with E-state index < -0.39 is 18.1 Å². The van der Waals surface area contributed by atoms with Gasteiger partial charge in [0.25, 0.3) is 0 Å². The molecule has 1 saturated heterocycles. The number of hydrogen-bond donors (Lipinski definition) is 3. The van der Waals surface area contributed by atoms with Gasteiger partial charge in [0.1, 0.15) is 0 Å². The van der Waals surface area contributed by atoms with E-state index in [9.17, 15) is 14.7 Å². The molecule has 3 N–H and O–H groups in total. The van der Waals surface area contributed by atoms with E-state index in [4.69, 9.17) is 16.7 Å². The van der Waals surface area contributed by atoms with Crippen LogP contribution in [0.4, 0.5) is 10.5 Å². The van der Waals surface area contributed by atoms with Crippen molar-refractivity contribution >= 4 is 29.3 Å². The summed E-state index contributed by atoms with van der Waals surface area (Å²) < 4.78 is 0. The second-order valence-corrected chi connectivity index (χ2v) is 5.64. The number of anilines is 1. The molecule has 2 amide bonds. The summed E-state index contributed by atoms with van der Waals surface area (Å²) >= 11 is 5.76. The summed E-state index contributed by atoms with van der Waals surface area (Å²) in [5.74, 6) is -1.01. The lowest BCUT2D eigenvalue weighted by molar-refractivity contribution is 0.0463. The molecule has 114 valence electrons. The van der Waals surface area contributed by atoms with Gasteiger partial charge in [0.05, 0.1) is 17.4 Å². The van der Waals surface area contributed by atoms with Crippen molar-refractivity contribution in [2.75, 3.05) is 18.4 Å². The fourth-order valence-electron chi connectivity index (χ4n) is 2.23. The Kier molecular flexibility index (Phi) is 4.69. The number of aliphatic hydroxyl groups excluding tert-OH is 1. The van der Waals surface area contributed by atoms with Gasteiger partial charge in [-0.3, -0.25) is 0 Å². The molecule has 1 aliphatic rings. The maximum absolute atomic E-state index is 12.2. The van der Waals surface area contributed by atoms with Crippen molar-refractivity contribution in [3.63, 3.8) is 0 Å². The maximum Gasteiger partial charge on any atom is 0.337 e. The molecule has 1 heterocycles. The number of nitrogens with one attached hydrogen (secondary N) is 1. The zero-order chi connectivity index (χ0) is 15.6. The Morgan fingerprint density at radius 1 is 1.43 bits per heavy atom. The van der Waals surface area contributed by atoms with E-state index in [0.29, 0.717) is 13.0 Å². The third-order valence-corrected chi connectivity index (χ3v) is 3.89. The van der Waals surface area contributed by atoms with Gasteiger partial charge in [-0.05, 0) is 30.5 Å². The first-order chi connectivity index (χ1) is 9.88. The topological polar surface area (TPSA) is 89.9 Å². The van der Waals surface area contributed by atoms with Crippen LogP contribution in [0, 0.1) is 5.92 Å². The average Bonchev–Trinajstić information content (AvgIpc) is 2.43. The largest absolute Gasteiger partial charge is 0.478 e. The SMILES string of the molecule is CC1CCN(C(=O)Nc2ccc(Cl)cc2C(=O)O)CC1O. The molecule has 0 aromatic heterocycles. The Morgan fingerprint density at radius 2 is 2.14 bits per heavy atom. The summed E-state index contributed by atoms with van der Waals surface area (Å²) in [7, 11) is 0. The fourth-order valence-corrected chi connectivity index (χ4v) is 2.40. The second kappa shape index (κ2) is 6.32. The van der Waals surface area contributed by atoms with Crippen LogP contribution in [0.5, 0.6) is 0 Å². The number of amides is 2. The van der Waals surface area contributed by atoms with Crippen LogP contribution < -0.4 is 5.32 Å². The molecular weight excluding hydrogens is 296 g/mol. The fraction of sp³-hybridized carbons (Fsp3) is 0.429. The van der Waals surface area contributed by atoms with E-state index in [-0.39, 0.29) is 28.7 Å². The smallest absolute Gasteiger partial charge is 0.337 e. The predicted molar refractivity (Wildman–Crippen MR) is 78.8 cm³/mol. The molecule has 0 radical (unpaired) electrons. The molecule has 6 nitrogen and oxygen atoms in total. The second-order valence-electron chi connectivity index (χ2n) is 5.20. The lowest BCUT2D eigenvalue weighted by atomic mass is 9.96. The number of halogens is 1. The molecule has 7 heteroatoms. The molecule has 21 heavy (non-hydrogen) atoms. The van der Waals surface area contributed by atoms with Crippen LogP contribution in [0.25, 0.3) is 0 Å². The molecule has 1 aromatic carbocycles. The number of likely N-dealkylation sites (tertiary alicyclic amines) is 1. The van der Waals surface area contributed by atoms with Crippen molar-refractivity contribution in [2.24, 2.45) is 5.92 Å². The number of urea groups is 1. The molecule has 2 unspecified atom stereocenters. The van der Waals surface area contributed by atoms with Gasteiger partial charge < -0.3 is 20.4 Å². The number of piperidine rings is 1. The lowest BCUT2D eigenvalue weighted by Crippen LogP contribution is -2.47. The number of carbonyl (C=O) groups is 2. The van der Waals surface area contributed by atoms with Gasteiger partial charge in [-0.25, -0.2) is 9.59 Å². The molecule has 2 rings (SSSR count). The first kappa shape index (κ1) is 15.6. The van der Waals surface area contributed by atoms with Gasteiger partial charge in [0, 0.05) is 18.1 Å². The van der Waals surface area contributed by atoms with Gasteiger partial charge in [0.15, 0.2) is 0 Å². The van der Waals surface area contributed by atoms with Crippen LogP contribution >= 0.6 is 11.6 Å². The molecule has 0 saturated carbocycles. The van der Waals surface area contributed by atoms with E-state index in [1.807, 2.05) is 6.92 Å². The third kappa shape index (κ3) is 3.65. The van der Waals surface area contributed by atoms with Crippen LogP contribution in [0.3, 0.4) is 0 Å². The average molecular weight is 313 g/mol. The monoisotopic (exact) mass is 312 g/mol. The first-order valence-electron chi connectivity index (χ1n) is 6.65. The maximum atomic E-state index is 12.2. The van der Waals surface area contributed by atoms with Crippen molar-refractivity contribution < 1.29 is 19.8 Å². The van der Waals surface area contributed by atoms with Gasteiger partial charge in [0.2, 0.25) is 0 Å². The number of rotatable bonds is 2. The number of aliphatic hydroxyl groups is 1. The summed E-state index contributed by atoms with van der Waals surface area (Å²) in [4.78, 5) is 24.8. The summed E-state index contributed by atoms with van der Waals surface area (Å²) in [5, 5.41) is 21.8. The van der Waals surface area contributed by atoms with E-state index in [2.05, 4.69) is 5.32 Å². The molecular formula is C14H17ClN2O4. The first-order valence-corrected chi connectivity index (χ1v) is 7.03. The minimum absolute atomic E-state index is 0.0678. The number of aromatic carboxylic acids is 1. The Hall–Kier alpha value is -1.79. The van der Waals surface area contributed by atoms with Crippen LogP contribution in [0.15, 0.2) is 18.2 Å². The predicted octanol–water partition coefficient (Wildman–Crippen LogP) is 2.27. The number of nitrogens with zero attached hydrogens (tertiary/aromatic N) is 1. The highest BCUT2D eigenvalue weighted by Crippen LogP contribution is 2.22. The van der Waals surface area contributed by atoms with Crippen molar-refractivity contribution in [1.82, 2.24) is 4.90 Å². The Morgan fingerprint density at radius 3 is 2.76 bits per heavy atom. The third-order valence-electron chi connectivity index (χ3n) is 3.66. The molecule has 0 bridgehead atoms. The van der Waals surface area contributed by atoms with Crippen molar-refractivity contribution in [3.05, 3.63) is 28.8 Å². The molecule has 2 atom stereocenters. The lowest BCUT2D eigenvalue weighted by Gasteiger charge is -2.34. The van der Waals surface area contributed by atoms with Crippen LogP contribution in [0.2, 0.25) is 5.02 Å². The summed E-state index contributed by atoms with van der Waals surface area (Å²) in [6.45, 7) is 2.70. The summed E-state index contributed by atoms with van der Waals surface area (Å²) in [5.41, 5.74) is 0.117. The number of carboxylic acid groups (broad SMARTS) is 1. The molecule has 0 aliphatic carbocycles. The summed E-state index contributed by atoms with van der Waals surface area (Å²) in [6.07, 6.45) is 0.148. The Bertz CT molecular complexity index is 564. The molecule has 1 aromatic rings. The number of β-amino-alcohol motifs (C(OH)–C–C–N with tert-alkyl or cyclic N) is 1. The zero-order valence-corrected chi connectivity index (χ0v) is 12.3. The minimum atomic E-state index is -1.17. The quantitative estimate of drug-likeness (QED) is 0.781. The number of carboxylic acids is 1. The highest BCUT2D eigenvalue weighted by molar-refractivity contribution is 6.31. The van der Waals surface area contributed by atoms with E-state index in [1.165, 1.54) is 23.1 Å². The van der Waals surface area contributed by atoms with E-state index in [0.717, 1.165) is 0 Å². The van der Waals surface area contributed by atoms with Gasteiger partial charge in [-0.1, -0.05) is 18.5 Å². The molecule has 1 fully saturated rings. The van der Waals surface area contributed by atoms with Crippen LogP contribution in [0.1, 0.15) is 23.7 Å². The van der Waals surface area contributed by atoms with Crippen LogP contribution in [-0.4, -0.2) is 46.3 Å². The van der Waals surface area contributed by atoms with Gasteiger partial charge in [-0.2, -0.15) is 0 Å². The van der Waals surface area contributed by atoms with E-state index >= 15 is 0 Å².